The second-order valence-corrected chi connectivity index (χ2v) is 7.01. The summed E-state index contributed by atoms with van der Waals surface area (Å²) in [6.45, 7) is 0.259. The smallest absolute Gasteiger partial charge is 0.176 e. The van der Waals surface area contributed by atoms with Gasteiger partial charge in [0.25, 0.3) is 0 Å². The third-order valence-electron chi connectivity index (χ3n) is 5.45. The van der Waals surface area contributed by atoms with E-state index in [1.165, 1.54) is 0 Å². The lowest BCUT2D eigenvalue weighted by Gasteiger charge is -2.62. The predicted molar refractivity (Wildman–Crippen MR) is 94.0 cm³/mol. The number of rotatable bonds is 4. The third kappa shape index (κ3) is 2.66. The van der Waals surface area contributed by atoms with E-state index in [-0.39, 0.29) is 6.61 Å². The predicted octanol–water partition coefficient (Wildman–Crippen LogP) is 0.506. The number of benzene rings is 2. The van der Waals surface area contributed by atoms with Gasteiger partial charge in [0.05, 0.1) is 18.8 Å². The van der Waals surface area contributed by atoms with Crippen LogP contribution in [0, 0.1) is 0 Å². The normalized spacial score (nSPS) is 39.1. The molecule has 5 N–H and O–H groups in total. The lowest BCUT2D eigenvalue weighted by atomic mass is 9.57. The Kier molecular flexibility index (Phi) is 4.56. The molecule has 0 radical (unpaired) electrons. The van der Waals surface area contributed by atoms with E-state index in [1.807, 2.05) is 48.5 Å². The average molecular weight is 357 g/mol. The topological polar surface area (TPSA) is 105 Å². The van der Waals surface area contributed by atoms with Gasteiger partial charge in [-0.1, -0.05) is 60.7 Å². The molecule has 0 spiro atoms. The SMILES string of the molecule is N[C@H]1[C@@H](OCc2ccccc2)O[C@@H]2C(O)C(c3ccccc3)[C@]2(O)[C@@H]1O. The van der Waals surface area contributed by atoms with Gasteiger partial charge in [-0.25, -0.2) is 0 Å². The van der Waals surface area contributed by atoms with Crippen LogP contribution in [0.3, 0.4) is 0 Å². The van der Waals surface area contributed by atoms with Gasteiger partial charge < -0.3 is 30.5 Å². The molecule has 1 heterocycles. The van der Waals surface area contributed by atoms with Gasteiger partial charge in [0, 0.05) is 5.92 Å². The lowest BCUT2D eigenvalue weighted by molar-refractivity contribution is -0.366. The highest BCUT2D eigenvalue weighted by atomic mass is 16.7. The van der Waals surface area contributed by atoms with Crippen molar-refractivity contribution in [2.75, 3.05) is 0 Å². The van der Waals surface area contributed by atoms with Crippen LogP contribution in [0.1, 0.15) is 17.0 Å². The maximum atomic E-state index is 11.1. The molecule has 4 rings (SSSR count). The van der Waals surface area contributed by atoms with Gasteiger partial charge in [-0.05, 0) is 11.1 Å². The maximum absolute atomic E-state index is 11.1. The van der Waals surface area contributed by atoms with E-state index in [0.29, 0.717) is 0 Å². The summed E-state index contributed by atoms with van der Waals surface area (Å²) in [5.74, 6) is -0.662. The molecule has 26 heavy (non-hydrogen) atoms. The number of fused-ring (bicyclic) bond motifs is 1. The number of aliphatic hydroxyl groups is 3. The largest absolute Gasteiger partial charge is 0.390 e. The Labute approximate surface area is 151 Å². The van der Waals surface area contributed by atoms with E-state index in [0.717, 1.165) is 11.1 Å². The summed E-state index contributed by atoms with van der Waals surface area (Å²) in [5, 5.41) is 32.3. The molecule has 2 aliphatic rings. The Morgan fingerprint density at radius 1 is 1.00 bits per heavy atom. The van der Waals surface area contributed by atoms with E-state index in [2.05, 4.69) is 0 Å². The van der Waals surface area contributed by atoms with Crippen molar-refractivity contribution in [2.24, 2.45) is 5.73 Å². The highest BCUT2D eigenvalue weighted by Crippen LogP contribution is 2.53. The number of hydrogen-bond donors (Lipinski definition) is 4. The Bertz CT molecular complexity index is 738. The van der Waals surface area contributed by atoms with Gasteiger partial charge in [-0.15, -0.1) is 0 Å². The summed E-state index contributed by atoms with van der Waals surface area (Å²) in [6, 6.07) is 17.7. The Morgan fingerprint density at radius 3 is 2.27 bits per heavy atom. The fraction of sp³-hybridized carbons (Fsp3) is 0.400. The summed E-state index contributed by atoms with van der Waals surface area (Å²) >= 11 is 0. The molecule has 1 aliphatic carbocycles. The first-order valence-corrected chi connectivity index (χ1v) is 8.73. The van der Waals surface area contributed by atoms with Gasteiger partial charge in [-0.2, -0.15) is 0 Å². The van der Waals surface area contributed by atoms with Crippen molar-refractivity contribution in [3.05, 3.63) is 71.8 Å². The zero-order chi connectivity index (χ0) is 18.3. The first-order chi connectivity index (χ1) is 12.5. The first-order valence-electron chi connectivity index (χ1n) is 8.73. The fourth-order valence-electron chi connectivity index (χ4n) is 4.04. The summed E-state index contributed by atoms with van der Waals surface area (Å²) < 4.78 is 11.5. The molecule has 2 aromatic rings. The number of ether oxygens (including phenoxy) is 2. The minimum Gasteiger partial charge on any atom is -0.390 e. The van der Waals surface area contributed by atoms with Gasteiger partial charge >= 0.3 is 0 Å². The standard InChI is InChI=1S/C20H23NO5/c21-15-17(23)20(24)14(13-9-5-2-6-10-13)16(22)18(20)26-19(15)25-11-12-7-3-1-4-8-12/h1-10,14-19,22-24H,11,21H2/t14?,15-,16?,17-,18-,19+,20+/m1/s1. The number of aliphatic hydroxyl groups excluding tert-OH is 2. The fourth-order valence-corrected chi connectivity index (χ4v) is 4.04. The van der Waals surface area contributed by atoms with E-state index < -0.39 is 42.2 Å². The highest BCUT2D eigenvalue weighted by molar-refractivity contribution is 5.35. The molecule has 0 amide bonds. The van der Waals surface area contributed by atoms with Crippen molar-refractivity contribution in [2.45, 2.75) is 48.8 Å². The van der Waals surface area contributed by atoms with E-state index in [1.54, 1.807) is 12.1 Å². The molecule has 138 valence electrons. The second-order valence-electron chi connectivity index (χ2n) is 7.01. The monoisotopic (exact) mass is 357 g/mol. The zero-order valence-electron chi connectivity index (χ0n) is 14.2. The van der Waals surface area contributed by atoms with E-state index >= 15 is 0 Å². The van der Waals surface area contributed by atoms with Crippen LogP contribution in [0.15, 0.2) is 60.7 Å². The van der Waals surface area contributed by atoms with Crippen LogP contribution >= 0.6 is 0 Å². The zero-order valence-corrected chi connectivity index (χ0v) is 14.2. The summed E-state index contributed by atoms with van der Waals surface area (Å²) in [6.07, 6.45) is -4.10. The minimum absolute atomic E-state index is 0.259. The molecule has 2 aromatic carbocycles. The molecular weight excluding hydrogens is 334 g/mol. The van der Waals surface area contributed by atoms with Crippen LogP contribution < -0.4 is 5.73 Å². The first kappa shape index (κ1) is 17.6. The molecule has 1 saturated carbocycles. The second kappa shape index (κ2) is 6.74. The van der Waals surface area contributed by atoms with Crippen molar-refractivity contribution in [1.82, 2.24) is 0 Å². The van der Waals surface area contributed by atoms with Gasteiger partial charge in [0.1, 0.15) is 17.8 Å². The lowest BCUT2D eigenvalue weighted by Crippen LogP contribution is -2.81. The van der Waals surface area contributed by atoms with Gasteiger partial charge in [0.15, 0.2) is 6.29 Å². The van der Waals surface area contributed by atoms with Crippen LogP contribution in [-0.2, 0) is 16.1 Å². The quantitative estimate of drug-likeness (QED) is 0.635. The van der Waals surface area contributed by atoms with E-state index in [9.17, 15) is 15.3 Å². The Balaban J connectivity index is 1.51. The summed E-state index contributed by atoms with van der Waals surface area (Å²) in [5.41, 5.74) is 6.13. The third-order valence-corrected chi connectivity index (χ3v) is 5.45. The molecule has 2 fully saturated rings. The van der Waals surface area contributed by atoms with Crippen molar-refractivity contribution in [1.29, 1.82) is 0 Å². The van der Waals surface area contributed by atoms with Crippen LogP contribution in [0.2, 0.25) is 0 Å². The molecular formula is C20H23NO5. The number of nitrogens with two attached hydrogens (primary N) is 1. The Morgan fingerprint density at radius 2 is 1.62 bits per heavy atom. The molecule has 0 aromatic heterocycles. The Hall–Kier alpha value is -1.80. The molecule has 1 saturated heterocycles. The number of hydrogen-bond acceptors (Lipinski definition) is 6. The van der Waals surface area contributed by atoms with Crippen LogP contribution in [-0.4, -0.2) is 51.6 Å². The maximum Gasteiger partial charge on any atom is 0.176 e. The van der Waals surface area contributed by atoms with Crippen LogP contribution in [0.5, 0.6) is 0 Å². The van der Waals surface area contributed by atoms with Gasteiger partial charge in [0.2, 0.25) is 0 Å². The summed E-state index contributed by atoms with van der Waals surface area (Å²) in [7, 11) is 0. The molecule has 2 unspecified atom stereocenters. The molecule has 1 aliphatic heterocycles. The van der Waals surface area contributed by atoms with Crippen LogP contribution in [0.4, 0.5) is 0 Å². The summed E-state index contributed by atoms with van der Waals surface area (Å²) in [4.78, 5) is 0. The molecule has 6 heteroatoms. The van der Waals surface area contributed by atoms with Crippen molar-refractivity contribution < 1.29 is 24.8 Å². The van der Waals surface area contributed by atoms with Crippen molar-refractivity contribution >= 4 is 0 Å². The molecule has 0 bridgehead atoms. The minimum atomic E-state index is -1.65. The highest BCUT2D eigenvalue weighted by Gasteiger charge is 2.70. The molecule has 6 nitrogen and oxygen atoms in total. The van der Waals surface area contributed by atoms with Gasteiger partial charge in [-0.3, -0.25) is 0 Å². The van der Waals surface area contributed by atoms with E-state index in [4.69, 9.17) is 15.2 Å². The molecule has 7 atom stereocenters. The van der Waals surface area contributed by atoms with Crippen molar-refractivity contribution in [3.8, 4) is 0 Å². The van der Waals surface area contributed by atoms with Crippen molar-refractivity contribution in [3.63, 3.8) is 0 Å². The average Bonchev–Trinajstić information content (AvgIpc) is 2.67. The van der Waals surface area contributed by atoms with Crippen LogP contribution in [0.25, 0.3) is 0 Å².